The van der Waals surface area contributed by atoms with Gasteiger partial charge in [0.1, 0.15) is 0 Å². The van der Waals surface area contributed by atoms with E-state index in [2.05, 4.69) is 34.9 Å². The highest BCUT2D eigenvalue weighted by molar-refractivity contribution is 5.27. The lowest BCUT2D eigenvalue weighted by molar-refractivity contribution is 0.251. The molecular formula is C18H31N3. The summed E-state index contributed by atoms with van der Waals surface area (Å²) in [6.45, 7) is 5.83. The van der Waals surface area contributed by atoms with Gasteiger partial charge in [-0.2, -0.15) is 0 Å². The minimum absolute atomic E-state index is 0.515. The van der Waals surface area contributed by atoms with Gasteiger partial charge in [0, 0.05) is 25.0 Å². The Morgan fingerprint density at radius 3 is 2.62 bits per heavy atom. The fourth-order valence-electron chi connectivity index (χ4n) is 4.64. The lowest BCUT2D eigenvalue weighted by Gasteiger charge is -2.31. The molecule has 2 fully saturated rings. The molecule has 21 heavy (non-hydrogen) atoms. The van der Waals surface area contributed by atoms with Gasteiger partial charge in [0.2, 0.25) is 5.95 Å². The molecule has 0 amide bonds. The highest BCUT2D eigenvalue weighted by atomic mass is 15.2. The third-order valence-electron chi connectivity index (χ3n) is 5.51. The van der Waals surface area contributed by atoms with Gasteiger partial charge >= 0.3 is 0 Å². The number of hydrogen-bond acceptors (Lipinski definition) is 2. The van der Waals surface area contributed by atoms with Crippen LogP contribution in [0.15, 0.2) is 12.4 Å². The van der Waals surface area contributed by atoms with E-state index in [0.29, 0.717) is 11.5 Å². The van der Waals surface area contributed by atoms with E-state index in [-0.39, 0.29) is 0 Å². The number of imidazole rings is 1. The fraction of sp³-hybridized carbons (Fsp3) is 0.833. The summed E-state index contributed by atoms with van der Waals surface area (Å²) in [7, 11) is 0. The largest absolute Gasteiger partial charge is 0.355 e. The molecule has 0 bridgehead atoms. The van der Waals surface area contributed by atoms with Crippen molar-refractivity contribution in [3.05, 3.63) is 12.4 Å². The summed E-state index contributed by atoms with van der Waals surface area (Å²) in [6.07, 6.45) is 16.5. The van der Waals surface area contributed by atoms with Gasteiger partial charge in [-0.25, -0.2) is 4.98 Å². The summed E-state index contributed by atoms with van der Waals surface area (Å²) >= 11 is 0. The van der Waals surface area contributed by atoms with Gasteiger partial charge < -0.3 is 9.88 Å². The third-order valence-corrected chi connectivity index (χ3v) is 5.51. The van der Waals surface area contributed by atoms with E-state index in [1.807, 2.05) is 6.20 Å². The molecule has 0 aromatic carbocycles. The summed E-state index contributed by atoms with van der Waals surface area (Å²) in [5.41, 5.74) is 0.515. The summed E-state index contributed by atoms with van der Waals surface area (Å²) in [5.74, 6) is 1.90. The topological polar surface area (TPSA) is 29.9 Å². The summed E-state index contributed by atoms with van der Waals surface area (Å²) in [4.78, 5) is 4.58. The average Bonchev–Trinajstić information content (AvgIpc) is 3.17. The maximum Gasteiger partial charge on any atom is 0.203 e. The highest BCUT2D eigenvalue weighted by Crippen LogP contribution is 2.43. The maximum absolute atomic E-state index is 4.58. The quantitative estimate of drug-likeness (QED) is 0.797. The van der Waals surface area contributed by atoms with Gasteiger partial charge in [-0.1, -0.05) is 39.5 Å². The average molecular weight is 289 g/mol. The molecule has 1 aromatic heterocycles. The zero-order valence-corrected chi connectivity index (χ0v) is 13.8. The van der Waals surface area contributed by atoms with Crippen molar-refractivity contribution in [1.82, 2.24) is 9.55 Å². The third kappa shape index (κ3) is 3.44. The molecular weight excluding hydrogens is 258 g/mol. The van der Waals surface area contributed by atoms with Crippen LogP contribution in [-0.2, 0) is 0 Å². The predicted molar refractivity (Wildman–Crippen MR) is 88.6 cm³/mol. The van der Waals surface area contributed by atoms with Gasteiger partial charge in [-0.3, -0.25) is 0 Å². The monoisotopic (exact) mass is 289 g/mol. The zero-order chi connectivity index (χ0) is 14.7. The van der Waals surface area contributed by atoms with Gasteiger partial charge in [0.15, 0.2) is 0 Å². The molecule has 3 heteroatoms. The first kappa shape index (κ1) is 14.9. The normalized spacial score (nSPS) is 22.2. The molecule has 1 heterocycles. The van der Waals surface area contributed by atoms with Crippen LogP contribution in [0.5, 0.6) is 0 Å². The standard InChI is InChI=1S/C18H31N3/c1-15(2)13-18(9-5-6-10-18)14-20-17-19-11-12-21(17)16-7-3-4-8-16/h11-12,15-16H,3-10,13-14H2,1-2H3,(H,19,20). The first-order chi connectivity index (χ1) is 10.2. The van der Waals surface area contributed by atoms with Gasteiger partial charge in [0.05, 0.1) is 0 Å². The van der Waals surface area contributed by atoms with Crippen LogP contribution in [0.25, 0.3) is 0 Å². The van der Waals surface area contributed by atoms with Crippen LogP contribution in [0.4, 0.5) is 5.95 Å². The van der Waals surface area contributed by atoms with E-state index in [1.54, 1.807) is 0 Å². The molecule has 3 rings (SSSR count). The Kier molecular flexibility index (Phi) is 4.56. The molecule has 0 atom stereocenters. The number of anilines is 1. The van der Waals surface area contributed by atoms with Crippen molar-refractivity contribution in [2.75, 3.05) is 11.9 Å². The van der Waals surface area contributed by atoms with Crippen LogP contribution >= 0.6 is 0 Å². The zero-order valence-electron chi connectivity index (χ0n) is 13.8. The fourth-order valence-corrected chi connectivity index (χ4v) is 4.64. The first-order valence-corrected chi connectivity index (χ1v) is 8.95. The second-order valence-corrected chi connectivity index (χ2v) is 7.76. The second kappa shape index (κ2) is 6.41. The van der Waals surface area contributed by atoms with Crippen molar-refractivity contribution in [3.63, 3.8) is 0 Å². The Morgan fingerprint density at radius 1 is 1.24 bits per heavy atom. The van der Waals surface area contributed by atoms with Crippen LogP contribution in [0.1, 0.15) is 77.7 Å². The van der Waals surface area contributed by atoms with Crippen molar-refractivity contribution < 1.29 is 0 Å². The molecule has 118 valence electrons. The van der Waals surface area contributed by atoms with Gasteiger partial charge in [-0.15, -0.1) is 0 Å². The van der Waals surface area contributed by atoms with Crippen molar-refractivity contribution in [2.45, 2.75) is 77.7 Å². The Bertz CT molecular complexity index is 437. The molecule has 0 aliphatic heterocycles. The summed E-state index contributed by atoms with van der Waals surface area (Å²) in [5, 5.41) is 3.71. The molecule has 0 spiro atoms. The molecule has 0 saturated heterocycles. The Morgan fingerprint density at radius 2 is 1.95 bits per heavy atom. The Balaban J connectivity index is 1.65. The molecule has 2 aliphatic carbocycles. The minimum atomic E-state index is 0.515. The van der Waals surface area contributed by atoms with Crippen LogP contribution in [0.3, 0.4) is 0 Å². The molecule has 2 aliphatic rings. The summed E-state index contributed by atoms with van der Waals surface area (Å²) < 4.78 is 2.39. The highest BCUT2D eigenvalue weighted by Gasteiger charge is 2.34. The van der Waals surface area contributed by atoms with Crippen LogP contribution in [-0.4, -0.2) is 16.1 Å². The van der Waals surface area contributed by atoms with Crippen molar-refractivity contribution in [3.8, 4) is 0 Å². The SMILES string of the molecule is CC(C)CC1(CNc2nccn2C2CCCC2)CCCC1. The van der Waals surface area contributed by atoms with Crippen LogP contribution in [0, 0.1) is 11.3 Å². The van der Waals surface area contributed by atoms with Gasteiger partial charge in [-0.05, 0) is 43.4 Å². The number of nitrogens with one attached hydrogen (secondary N) is 1. The molecule has 0 radical (unpaired) electrons. The number of hydrogen-bond donors (Lipinski definition) is 1. The smallest absolute Gasteiger partial charge is 0.203 e. The Hall–Kier alpha value is -0.990. The van der Waals surface area contributed by atoms with E-state index in [9.17, 15) is 0 Å². The van der Waals surface area contributed by atoms with Crippen LogP contribution < -0.4 is 5.32 Å². The van der Waals surface area contributed by atoms with E-state index >= 15 is 0 Å². The number of nitrogens with zero attached hydrogens (tertiary/aromatic N) is 2. The molecule has 1 aromatic rings. The van der Waals surface area contributed by atoms with Gasteiger partial charge in [0.25, 0.3) is 0 Å². The predicted octanol–water partition coefficient (Wildman–Crippen LogP) is 5.02. The summed E-state index contributed by atoms with van der Waals surface area (Å²) in [6, 6.07) is 0.680. The molecule has 2 saturated carbocycles. The van der Waals surface area contributed by atoms with E-state index in [4.69, 9.17) is 0 Å². The molecule has 1 N–H and O–H groups in total. The van der Waals surface area contributed by atoms with Crippen molar-refractivity contribution in [1.29, 1.82) is 0 Å². The van der Waals surface area contributed by atoms with Crippen LogP contribution in [0.2, 0.25) is 0 Å². The first-order valence-electron chi connectivity index (χ1n) is 8.95. The lowest BCUT2D eigenvalue weighted by Crippen LogP contribution is -2.29. The molecule has 3 nitrogen and oxygen atoms in total. The van der Waals surface area contributed by atoms with Crippen molar-refractivity contribution in [2.24, 2.45) is 11.3 Å². The Labute approximate surface area is 129 Å². The van der Waals surface area contributed by atoms with Crippen molar-refractivity contribution >= 4 is 5.95 Å². The lowest BCUT2D eigenvalue weighted by atomic mass is 9.78. The van der Waals surface area contributed by atoms with E-state index in [1.165, 1.54) is 57.8 Å². The second-order valence-electron chi connectivity index (χ2n) is 7.76. The maximum atomic E-state index is 4.58. The number of rotatable bonds is 6. The molecule has 0 unspecified atom stereocenters. The number of aromatic nitrogens is 2. The van der Waals surface area contributed by atoms with E-state index in [0.717, 1.165) is 18.4 Å². The minimum Gasteiger partial charge on any atom is -0.355 e. The van der Waals surface area contributed by atoms with E-state index < -0.39 is 0 Å².